The summed E-state index contributed by atoms with van der Waals surface area (Å²) in [6, 6.07) is 25.1. The van der Waals surface area contributed by atoms with E-state index < -0.39 is 0 Å². The van der Waals surface area contributed by atoms with E-state index in [0.29, 0.717) is 13.2 Å². The molecule has 29 heavy (non-hydrogen) atoms. The van der Waals surface area contributed by atoms with Crippen LogP contribution in [0, 0.1) is 6.92 Å². The van der Waals surface area contributed by atoms with Gasteiger partial charge in [-0.05, 0) is 36.2 Å². The fourth-order valence-corrected chi connectivity index (χ4v) is 3.98. The summed E-state index contributed by atoms with van der Waals surface area (Å²) in [7, 11) is 0. The molecule has 2 heterocycles. The standard InChI is InChI=1S/C25H23N3O/c1-18-8-7-13-23-25(18)20(15-28(23)14-19-9-3-2-4-10-19)16-29-17-24-26-21-11-5-6-12-22(21)27-24/h2-13,15H,14,16-17H2,1H3,(H,26,27). The Morgan fingerprint density at radius 3 is 2.59 bits per heavy atom. The molecular formula is C25H23N3O. The molecule has 3 aromatic carbocycles. The summed E-state index contributed by atoms with van der Waals surface area (Å²) in [5.41, 5.74) is 7.04. The third-order valence-corrected chi connectivity index (χ3v) is 5.32. The number of aryl methyl sites for hydroxylation is 1. The Morgan fingerprint density at radius 2 is 1.72 bits per heavy atom. The van der Waals surface area contributed by atoms with E-state index in [-0.39, 0.29) is 0 Å². The molecule has 4 heteroatoms. The van der Waals surface area contributed by atoms with Crippen molar-refractivity contribution in [2.75, 3.05) is 0 Å². The summed E-state index contributed by atoms with van der Waals surface area (Å²) < 4.78 is 8.37. The number of aromatic amines is 1. The summed E-state index contributed by atoms with van der Waals surface area (Å²) in [5, 5.41) is 1.29. The molecule has 1 N–H and O–H groups in total. The quantitative estimate of drug-likeness (QED) is 0.416. The van der Waals surface area contributed by atoms with E-state index in [0.717, 1.165) is 23.4 Å². The Morgan fingerprint density at radius 1 is 0.897 bits per heavy atom. The number of ether oxygens (including phenoxy) is 1. The second-order valence-corrected chi connectivity index (χ2v) is 7.43. The average Bonchev–Trinajstić information content (AvgIpc) is 3.31. The lowest BCUT2D eigenvalue weighted by Crippen LogP contribution is -1.98. The monoisotopic (exact) mass is 381 g/mol. The first kappa shape index (κ1) is 17.7. The van der Waals surface area contributed by atoms with Crippen molar-refractivity contribution in [3.63, 3.8) is 0 Å². The van der Waals surface area contributed by atoms with E-state index in [4.69, 9.17) is 4.74 Å². The lowest BCUT2D eigenvalue weighted by Gasteiger charge is -2.06. The third-order valence-electron chi connectivity index (χ3n) is 5.32. The molecule has 0 aliphatic carbocycles. The number of H-pyrrole nitrogens is 1. The van der Waals surface area contributed by atoms with Crippen molar-refractivity contribution in [2.24, 2.45) is 0 Å². The van der Waals surface area contributed by atoms with E-state index in [9.17, 15) is 0 Å². The van der Waals surface area contributed by atoms with Crippen LogP contribution in [0.4, 0.5) is 0 Å². The van der Waals surface area contributed by atoms with Gasteiger partial charge >= 0.3 is 0 Å². The van der Waals surface area contributed by atoms with Gasteiger partial charge in [0.1, 0.15) is 12.4 Å². The van der Waals surface area contributed by atoms with E-state index in [1.165, 1.54) is 27.6 Å². The number of rotatable bonds is 6. The third kappa shape index (κ3) is 3.55. The number of nitrogens with one attached hydrogen (secondary N) is 1. The highest BCUT2D eigenvalue weighted by molar-refractivity contribution is 5.87. The molecule has 0 aliphatic rings. The molecule has 0 bridgehead atoms. The van der Waals surface area contributed by atoms with Gasteiger partial charge in [-0.15, -0.1) is 0 Å². The number of imidazole rings is 1. The highest BCUT2D eigenvalue weighted by atomic mass is 16.5. The minimum atomic E-state index is 0.464. The summed E-state index contributed by atoms with van der Waals surface area (Å²) in [6.07, 6.45) is 2.23. The molecule has 0 saturated carbocycles. The highest BCUT2D eigenvalue weighted by Gasteiger charge is 2.12. The van der Waals surface area contributed by atoms with Gasteiger partial charge < -0.3 is 14.3 Å². The second kappa shape index (κ2) is 7.57. The average molecular weight is 381 g/mol. The van der Waals surface area contributed by atoms with Crippen LogP contribution in [-0.4, -0.2) is 14.5 Å². The van der Waals surface area contributed by atoms with Crippen LogP contribution in [0.5, 0.6) is 0 Å². The summed E-state index contributed by atoms with van der Waals surface area (Å²) in [5.74, 6) is 0.857. The van der Waals surface area contributed by atoms with E-state index >= 15 is 0 Å². The molecule has 0 saturated heterocycles. The second-order valence-electron chi connectivity index (χ2n) is 7.43. The zero-order valence-corrected chi connectivity index (χ0v) is 16.4. The molecule has 5 aromatic rings. The van der Waals surface area contributed by atoms with Crippen LogP contribution in [-0.2, 0) is 24.5 Å². The number of nitrogens with zero attached hydrogens (tertiary/aromatic N) is 2. The molecule has 0 radical (unpaired) electrons. The smallest absolute Gasteiger partial charge is 0.133 e. The lowest BCUT2D eigenvalue weighted by atomic mass is 10.1. The molecular weight excluding hydrogens is 358 g/mol. The van der Waals surface area contributed by atoms with Crippen molar-refractivity contribution in [3.8, 4) is 0 Å². The van der Waals surface area contributed by atoms with Crippen LogP contribution in [0.15, 0.2) is 79.0 Å². The molecule has 4 nitrogen and oxygen atoms in total. The van der Waals surface area contributed by atoms with Crippen LogP contribution in [0.1, 0.15) is 22.5 Å². The van der Waals surface area contributed by atoms with Gasteiger partial charge in [0, 0.05) is 29.2 Å². The molecule has 2 aromatic heterocycles. The van der Waals surface area contributed by atoms with Gasteiger partial charge in [0.15, 0.2) is 0 Å². The van der Waals surface area contributed by atoms with Crippen LogP contribution >= 0.6 is 0 Å². The fraction of sp³-hybridized carbons (Fsp3) is 0.160. The van der Waals surface area contributed by atoms with Crippen LogP contribution in [0.25, 0.3) is 21.9 Å². The normalized spacial score (nSPS) is 11.5. The van der Waals surface area contributed by atoms with Crippen molar-refractivity contribution in [1.82, 2.24) is 14.5 Å². The van der Waals surface area contributed by atoms with E-state index in [1.807, 2.05) is 24.3 Å². The number of para-hydroxylation sites is 2. The zero-order valence-electron chi connectivity index (χ0n) is 16.4. The Bertz CT molecular complexity index is 1230. The predicted octanol–water partition coefficient (Wildman–Crippen LogP) is 5.59. The molecule has 0 aliphatic heterocycles. The van der Waals surface area contributed by atoms with Gasteiger partial charge in [-0.3, -0.25) is 0 Å². The van der Waals surface area contributed by atoms with Crippen LogP contribution in [0.2, 0.25) is 0 Å². The first-order valence-electron chi connectivity index (χ1n) is 9.90. The maximum absolute atomic E-state index is 6.05. The van der Waals surface area contributed by atoms with Gasteiger partial charge in [0.05, 0.1) is 17.6 Å². The summed E-state index contributed by atoms with van der Waals surface area (Å²) in [4.78, 5) is 7.93. The SMILES string of the molecule is Cc1cccc2c1c(COCc1nc3ccccc3[nH]1)cn2Cc1ccccc1. The van der Waals surface area contributed by atoms with Gasteiger partial charge in [0.25, 0.3) is 0 Å². The molecule has 0 amide bonds. The minimum Gasteiger partial charge on any atom is -0.369 e. The predicted molar refractivity (Wildman–Crippen MR) is 117 cm³/mol. The maximum Gasteiger partial charge on any atom is 0.133 e. The highest BCUT2D eigenvalue weighted by Crippen LogP contribution is 2.26. The number of benzene rings is 3. The molecule has 5 rings (SSSR count). The Labute approximate surface area is 169 Å². The number of hydrogen-bond donors (Lipinski definition) is 1. The minimum absolute atomic E-state index is 0.464. The van der Waals surface area contributed by atoms with Crippen molar-refractivity contribution < 1.29 is 4.74 Å². The molecule has 144 valence electrons. The molecule has 0 spiro atoms. The first-order valence-corrected chi connectivity index (χ1v) is 9.90. The lowest BCUT2D eigenvalue weighted by molar-refractivity contribution is 0.103. The Balaban J connectivity index is 1.39. The van der Waals surface area contributed by atoms with Crippen LogP contribution < -0.4 is 0 Å². The Kier molecular flexibility index (Phi) is 4.62. The zero-order chi connectivity index (χ0) is 19.6. The Hall–Kier alpha value is -3.37. The maximum atomic E-state index is 6.05. The van der Waals surface area contributed by atoms with Crippen LogP contribution in [0.3, 0.4) is 0 Å². The topological polar surface area (TPSA) is 42.8 Å². The van der Waals surface area contributed by atoms with Gasteiger partial charge in [-0.2, -0.15) is 0 Å². The van der Waals surface area contributed by atoms with Crippen molar-refractivity contribution >= 4 is 21.9 Å². The van der Waals surface area contributed by atoms with E-state index in [1.54, 1.807) is 0 Å². The molecule has 0 fully saturated rings. The van der Waals surface area contributed by atoms with Crippen molar-refractivity contribution in [1.29, 1.82) is 0 Å². The van der Waals surface area contributed by atoms with Crippen molar-refractivity contribution in [3.05, 3.63) is 102 Å². The molecule has 0 unspecified atom stereocenters. The summed E-state index contributed by atoms with van der Waals surface area (Å²) >= 11 is 0. The van der Waals surface area contributed by atoms with Gasteiger partial charge in [-0.25, -0.2) is 4.98 Å². The fourth-order valence-electron chi connectivity index (χ4n) is 3.98. The number of hydrogen-bond acceptors (Lipinski definition) is 2. The number of aromatic nitrogens is 3. The van der Waals surface area contributed by atoms with Crippen molar-refractivity contribution in [2.45, 2.75) is 26.7 Å². The van der Waals surface area contributed by atoms with E-state index in [2.05, 4.69) is 76.2 Å². The summed E-state index contributed by atoms with van der Waals surface area (Å²) in [6.45, 7) is 4.04. The molecule has 0 atom stereocenters. The first-order chi connectivity index (χ1) is 14.3. The largest absolute Gasteiger partial charge is 0.369 e. The van der Waals surface area contributed by atoms with Gasteiger partial charge in [-0.1, -0.05) is 54.6 Å². The van der Waals surface area contributed by atoms with Gasteiger partial charge in [0.2, 0.25) is 0 Å². The number of fused-ring (bicyclic) bond motifs is 2.